The highest BCUT2D eigenvalue weighted by molar-refractivity contribution is 7.99. The molecule has 2 atom stereocenters. The van der Waals surface area contributed by atoms with Crippen molar-refractivity contribution in [2.24, 2.45) is 11.1 Å². The molecule has 0 aromatic carbocycles. The smallest absolute Gasteiger partial charge is 0.168 e. The number of rotatable bonds is 9. The van der Waals surface area contributed by atoms with Crippen LogP contribution in [-0.4, -0.2) is 34.2 Å². The van der Waals surface area contributed by atoms with Crippen molar-refractivity contribution < 1.29 is 14.7 Å². The molecule has 23 heavy (non-hydrogen) atoms. The zero-order valence-corrected chi connectivity index (χ0v) is 15.0. The van der Waals surface area contributed by atoms with Crippen LogP contribution < -0.4 is 0 Å². The fraction of sp³-hybridized carbons (Fsp3) is 0.778. The van der Waals surface area contributed by atoms with Gasteiger partial charge in [0.1, 0.15) is 12.4 Å². The number of nitrogens with zero attached hydrogens (tertiary/aromatic N) is 1. The van der Waals surface area contributed by atoms with E-state index < -0.39 is 0 Å². The van der Waals surface area contributed by atoms with Crippen LogP contribution in [0.5, 0.6) is 0 Å². The summed E-state index contributed by atoms with van der Waals surface area (Å²) in [6.45, 7) is 8.67. The first-order valence-electron chi connectivity index (χ1n) is 8.29. The molecular formula is C18H33NO3S. The zero-order valence-electron chi connectivity index (χ0n) is 14.2. The number of ketones is 1. The van der Waals surface area contributed by atoms with Crippen LogP contribution >= 0.6 is 11.8 Å². The molecule has 4 nitrogen and oxygen atoms in total. The molecule has 0 radical (unpaired) electrons. The van der Waals surface area contributed by atoms with E-state index in [9.17, 15) is 9.90 Å². The van der Waals surface area contributed by atoms with Crippen LogP contribution in [0.3, 0.4) is 0 Å². The predicted molar refractivity (Wildman–Crippen MR) is 100 cm³/mol. The highest BCUT2D eigenvalue weighted by Gasteiger charge is 2.31. The van der Waals surface area contributed by atoms with Gasteiger partial charge in [-0.25, -0.2) is 0 Å². The minimum Gasteiger partial charge on any atom is -0.511 e. The van der Waals surface area contributed by atoms with Crippen LogP contribution in [0.1, 0.15) is 67.2 Å². The Balaban J connectivity index is 0.00000484. The maximum Gasteiger partial charge on any atom is 0.168 e. The topological polar surface area (TPSA) is 58.9 Å². The molecule has 0 aliphatic heterocycles. The second-order valence-corrected chi connectivity index (χ2v) is 7.44. The molecule has 0 saturated carbocycles. The second-order valence-electron chi connectivity index (χ2n) is 5.73. The normalized spacial score (nSPS) is 20.3. The summed E-state index contributed by atoms with van der Waals surface area (Å²) in [5, 5.41) is 14.9. The summed E-state index contributed by atoms with van der Waals surface area (Å²) in [6, 6.07) is 0. The van der Waals surface area contributed by atoms with Crippen molar-refractivity contribution >= 4 is 23.3 Å². The van der Waals surface area contributed by atoms with Gasteiger partial charge in [-0.15, -0.1) is 0 Å². The van der Waals surface area contributed by atoms with E-state index in [0.29, 0.717) is 42.4 Å². The zero-order chi connectivity index (χ0) is 16.5. The molecule has 1 N–H and O–H groups in total. The molecular weight excluding hydrogens is 310 g/mol. The van der Waals surface area contributed by atoms with Gasteiger partial charge in [0.25, 0.3) is 0 Å². The number of hydrogen-bond donors (Lipinski definition) is 1. The Bertz CT molecular complexity index is 432. The van der Waals surface area contributed by atoms with E-state index in [-0.39, 0.29) is 24.9 Å². The van der Waals surface area contributed by atoms with Crippen molar-refractivity contribution in [3.8, 4) is 0 Å². The monoisotopic (exact) mass is 343 g/mol. The number of carbonyl (C=O) groups excluding carboxylic acids is 1. The molecule has 0 bridgehead atoms. The van der Waals surface area contributed by atoms with E-state index in [1.165, 1.54) is 0 Å². The first-order chi connectivity index (χ1) is 10.5. The molecule has 0 amide bonds. The predicted octanol–water partition coefficient (Wildman–Crippen LogP) is 5.14. The summed E-state index contributed by atoms with van der Waals surface area (Å²) in [5.74, 6) is 1.52. The Morgan fingerprint density at radius 2 is 2.09 bits per heavy atom. The third-order valence-corrected chi connectivity index (χ3v) is 4.81. The van der Waals surface area contributed by atoms with Crippen LogP contribution in [-0.2, 0) is 9.63 Å². The second kappa shape index (κ2) is 11.5. The summed E-state index contributed by atoms with van der Waals surface area (Å²) in [7, 11) is 0. The number of Topliss-reactive ketones (excluding diaryl/α,β-unsaturated/α-hetero) is 1. The van der Waals surface area contributed by atoms with E-state index in [1.807, 2.05) is 25.6 Å². The Kier molecular flexibility index (Phi) is 11.1. The van der Waals surface area contributed by atoms with Crippen LogP contribution in [0.2, 0.25) is 0 Å². The maximum absolute atomic E-state index is 12.5. The van der Waals surface area contributed by atoms with Crippen LogP contribution in [0.4, 0.5) is 0 Å². The Hall–Kier alpha value is -0.970. The molecule has 1 aliphatic carbocycles. The molecule has 134 valence electrons. The minimum absolute atomic E-state index is 0. The van der Waals surface area contributed by atoms with E-state index in [4.69, 9.17) is 4.84 Å². The molecule has 1 rings (SSSR count). The molecule has 2 unspecified atom stereocenters. The Morgan fingerprint density at radius 1 is 1.39 bits per heavy atom. The van der Waals surface area contributed by atoms with Gasteiger partial charge in [-0.05, 0) is 31.4 Å². The van der Waals surface area contributed by atoms with Gasteiger partial charge in [0, 0.05) is 18.1 Å². The number of thioether (sulfide) groups is 1. The minimum atomic E-state index is 0. The van der Waals surface area contributed by atoms with Gasteiger partial charge >= 0.3 is 0 Å². The number of hydrogen-bond acceptors (Lipinski definition) is 5. The van der Waals surface area contributed by atoms with E-state index in [2.05, 4.69) is 19.0 Å². The molecule has 0 heterocycles. The fourth-order valence-corrected chi connectivity index (χ4v) is 3.86. The SMILES string of the molecule is C.CCC/C(=N\OCC)C1=C(O)CC(CC(C)SCC)CC1=O. The summed E-state index contributed by atoms with van der Waals surface area (Å²) in [6.07, 6.45) is 3.56. The molecule has 5 heteroatoms. The Morgan fingerprint density at radius 3 is 2.61 bits per heavy atom. The number of carbonyl (C=O) groups is 1. The van der Waals surface area contributed by atoms with Gasteiger partial charge in [-0.2, -0.15) is 11.8 Å². The summed E-state index contributed by atoms with van der Waals surface area (Å²) < 4.78 is 0. The lowest BCUT2D eigenvalue weighted by Crippen LogP contribution is -2.26. The molecule has 0 fully saturated rings. The first-order valence-corrected chi connectivity index (χ1v) is 9.34. The summed E-state index contributed by atoms with van der Waals surface area (Å²) >= 11 is 1.90. The van der Waals surface area contributed by atoms with Gasteiger partial charge < -0.3 is 9.94 Å². The standard InChI is InChI=1S/C17H29NO3S.CH4/c1-5-8-14(18-21-6-2)17-15(19)10-13(11-16(17)20)9-12(4)22-7-3;/h12-13,19H,5-11H2,1-4H3;1H4/b18-14+;. The largest absolute Gasteiger partial charge is 0.511 e. The molecule has 0 spiro atoms. The van der Waals surface area contributed by atoms with E-state index in [0.717, 1.165) is 18.6 Å². The highest BCUT2D eigenvalue weighted by Crippen LogP contribution is 2.32. The van der Waals surface area contributed by atoms with Crippen LogP contribution in [0, 0.1) is 5.92 Å². The van der Waals surface area contributed by atoms with Gasteiger partial charge in [0.15, 0.2) is 5.78 Å². The van der Waals surface area contributed by atoms with Crippen molar-refractivity contribution in [1.82, 2.24) is 0 Å². The molecule has 0 saturated heterocycles. The van der Waals surface area contributed by atoms with E-state index >= 15 is 0 Å². The van der Waals surface area contributed by atoms with Crippen molar-refractivity contribution in [3.05, 3.63) is 11.3 Å². The number of aliphatic hydroxyl groups excluding tert-OH is 1. The number of aliphatic hydroxyl groups is 1. The van der Waals surface area contributed by atoms with Gasteiger partial charge in [-0.3, -0.25) is 4.79 Å². The van der Waals surface area contributed by atoms with Gasteiger partial charge in [0.2, 0.25) is 0 Å². The van der Waals surface area contributed by atoms with Crippen molar-refractivity contribution in [1.29, 1.82) is 0 Å². The highest BCUT2D eigenvalue weighted by atomic mass is 32.2. The third-order valence-electron chi connectivity index (χ3n) is 3.72. The lowest BCUT2D eigenvalue weighted by Gasteiger charge is -2.25. The maximum atomic E-state index is 12.5. The lowest BCUT2D eigenvalue weighted by molar-refractivity contribution is -0.116. The first kappa shape index (κ1) is 22.0. The van der Waals surface area contributed by atoms with Gasteiger partial charge in [-0.1, -0.05) is 39.8 Å². The van der Waals surface area contributed by atoms with Crippen molar-refractivity contribution in [3.63, 3.8) is 0 Å². The van der Waals surface area contributed by atoms with Crippen molar-refractivity contribution in [2.45, 2.75) is 72.5 Å². The number of allylic oxidation sites excluding steroid dienone is 2. The number of oxime groups is 1. The average Bonchev–Trinajstić information content (AvgIpc) is 2.44. The van der Waals surface area contributed by atoms with Crippen LogP contribution in [0.15, 0.2) is 16.5 Å². The quantitative estimate of drug-likeness (QED) is 0.465. The van der Waals surface area contributed by atoms with Crippen molar-refractivity contribution in [2.75, 3.05) is 12.4 Å². The van der Waals surface area contributed by atoms with Gasteiger partial charge in [0.05, 0.1) is 11.3 Å². The average molecular weight is 344 g/mol. The van der Waals surface area contributed by atoms with Crippen LogP contribution in [0.25, 0.3) is 0 Å². The fourth-order valence-electron chi connectivity index (χ4n) is 2.88. The molecule has 0 aromatic rings. The Labute approximate surface area is 145 Å². The third kappa shape index (κ3) is 6.98. The molecule has 1 aliphatic rings. The summed E-state index contributed by atoms with van der Waals surface area (Å²) in [4.78, 5) is 17.6. The van der Waals surface area contributed by atoms with E-state index in [1.54, 1.807) is 0 Å². The summed E-state index contributed by atoms with van der Waals surface area (Å²) in [5.41, 5.74) is 1.00. The molecule has 0 aromatic heterocycles. The lowest BCUT2D eigenvalue weighted by atomic mass is 9.82.